The van der Waals surface area contributed by atoms with E-state index in [2.05, 4.69) is 44.2 Å². The summed E-state index contributed by atoms with van der Waals surface area (Å²) in [5, 5.41) is 11.6. The minimum Gasteiger partial charge on any atom is -0.544 e. The third-order valence-corrected chi connectivity index (χ3v) is 10.4. The molecule has 0 N–H and O–H groups in total. The molecule has 0 aliphatic heterocycles. The topological polar surface area (TPSA) is 102 Å². The summed E-state index contributed by atoms with van der Waals surface area (Å²) in [5.74, 6) is -1.75. The van der Waals surface area contributed by atoms with Gasteiger partial charge in [0.1, 0.15) is 12.6 Å². The van der Waals surface area contributed by atoms with E-state index in [1.165, 1.54) is 103 Å². The van der Waals surface area contributed by atoms with E-state index in [1.54, 1.807) is 21.1 Å². The molecule has 2 atom stereocenters. The molecule has 0 saturated heterocycles. The monoisotopic (exact) mass is 790 g/mol. The number of carbonyl (C=O) groups excluding carboxylic acids is 3. The smallest absolute Gasteiger partial charge is 0.306 e. The summed E-state index contributed by atoms with van der Waals surface area (Å²) in [6.45, 7) is 4.53. The van der Waals surface area contributed by atoms with Gasteiger partial charge < -0.3 is 28.6 Å². The average molecular weight is 790 g/mol. The van der Waals surface area contributed by atoms with Crippen molar-refractivity contribution in [3.8, 4) is 0 Å². The summed E-state index contributed by atoms with van der Waals surface area (Å²) in [6.07, 6.45) is 44.6. The highest BCUT2D eigenvalue weighted by Gasteiger charge is 2.25. The zero-order chi connectivity index (χ0) is 41.4. The lowest BCUT2D eigenvalue weighted by molar-refractivity contribution is -0.889. The number of quaternary nitrogens is 1. The van der Waals surface area contributed by atoms with E-state index in [4.69, 9.17) is 14.2 Å². The predicted molar refractivity (Wildman–Crippen MR) is 231 cm³/mol. The van der Waals surface area contributed by atoms with Gasteiger partial charge in [-0.2, -0.15) is 0 Å². The zero-order valence-electron chi connectivity index (χ0n) is 37.1. The molecule has 0 spiro atoms. The fourth-order valence-electron chi connectivity index (χ4n) is 6.78. The van der Waals surface area contributed by atoms with Gasteiger partial charge in [-0.25, -0.2) is 0 Å². The Bertz CT molecular complexity index is 1020. The molecule has 0 aromatic rings. The molecule has 0 aliphatic rings. The molecule has 8 nitrogen and oxygen atoms in total. The number of unbranched alkanes of at least 4 members (excludes halogenated alkanes) is 23. The van der Waals surface area contributed by atoms with Crippen molar-refractivity contribution >= 4 is 17.9 Å². The van der Waals surface area contributed by atoms with Crippen LogP contribution in [0.1, 0.15) is 200 Å². The first-order valence-electron chi connectivity index (χ1n) is 23.0. The van der Waals surface area contributed by atoms with Crippen LogP contribution in [0.5, 0.6) is 0 Å². The second-order valence-electron chi connectivity index (χ2n) is 16.7. The number of esters is 2. The highest BCUT2D eigenvalue weighted by Crippen LogP contribution is 2.16. The third kappa shape index (κ3) is 37.1. The predicted octanol–water partition coefficient (Wildman–Crippen LogP) is 11.3. The molecule has 56 heavy (non-hydrogen) atoms. The lowest BCUT2D eigenvalue weighted by atomic mass is 10.0. The van der Waals surface area contributed by atoms with Crippen molar-refractivity contribution in [1.29, 1.82) is 0 Å². The normalized spacial score (nSPS) is 13.2. The van der Waals surface area contributed by atoms with Crippen LogP contribution in [0.15, 0.2) is 36.5 Å². The van der Waals surface area contributed by atoms with Crippen molar-refractivity contribution in [3.05, 3.63) is 36.5 Å². The number of carboxylic acids is 1. The number of hydrogen-bond donors (Lipinski definition) is 0. The summed E-state index contributed by atoms with van der Waals surface area (Å²) in [7, 11) is 5.40. The van der Waals surface area contributed by atoms with Crippen LogP contribution in [0.4, 0.5) is 0 Å². The van der Waals surface area contributed by atoms with Crippen LogP contribution in [-0.4, -0.2) is 75.5 Å². The molecule has 0 heterocycles. The molecule has 0 rings (SSSR count). The molecule has 0 fully saturated rings. The van der Waals surface area contributed by atoms with Crippen LogP contribution in [0.3, 0.4) is 0 Å². The van der Waals surface area contributed by atoms with E-state index < -0.39 is 18.1 Å². The standard InChI is InChI=1S/C48H87NO7/c1-6-8-10-12-14-16-18-20-21-22-23-24-25-27-29-31-33-35-37-39-47(51)56-44(42-54-41-40-45(48(52)53)49(3,4)5)43-55-46(50)38-36-34-32-30-28-26-19-17-15-13-11-9-7-2/h9,11,13,15,17,19,44-45H,6-8,10,12,14,16,18,20-43H2,1-5H3/b11-9+,15-13+,19-17+. The van der Waals surface area contributed by atoms with E-state index in [9.17, 15) is 19.5 Å². The van der Waals surface area contributed by atoms with Crippen molar-refractivity contribution in [1.82, 2.24) is 0 Å². The lowest BCUT2D eigenvalue weighted by Gasteiger charge is -2.34. The molecule has 0 aromatic heterocycles. The van der Waals surface area contributed by atoms with E-state index in [0.29, 0.717) is 12.8 Å². The van der Waals surface area contributed by atoms with Crippen LogP contribution in [0.25, 0.3) is 0 Å². The fourth-order valence-corrected chi connectivity index (χ4v) is 6.78. The number of carbonyl (C=O) groups is 3. The van der Waals surface area contributed by atoms with Crippen molar-refractivity contribution < 1.29 is 38.2 Å². The van der Waals surface area contributed by atoms with E-state index in [0.717, 1.165) is 64.2 Å². The summed E-state index contributed by atoms with van der Waals surface area (Å²) in [6, 6.07) is -0.727. The number of allylic oxidation sites excluding steroid dienone is 6. The first kappa shape index (κ1) is 53.6. The first-order chi connectivity index (χ1) is 27.1. The highest BCUT2D eigenvalue weighted by atomic mass is 16.6. The number of ether oxygens (including phenoxy) is 3. The summed E-state index contributed by atoms with van der Waals surface area (Å²) < 4.78 is 17.2. The van der Waals surface area contributed by atoms with Gasteiger partial charge >= 0.3 is 11.9 Å². The molecule has 0 aliphatic carbocycles. The molecule has 326 valence electrons. The molecule has 0 radical (unpaired) electrons. The van der Waals surface area contributed by atoms with Gasteiger partial charge in [0.15, 0.2) is 6.10 Å². The first-order valence-corrected chi connectivity index (χ1v) is 23.0. The van der Waals surface area contributed by atoms with Crippen molar-refractivity contribution in [2.24, 2.45) is 0 Å². The quantitative estimate of drug-likeness (QED) is 0.0263. The second kappa shape index (κ2) is 39.4. The highest BCUT2D eigenvalue weighted by molar-refractivity contribution is 5.70. The number of rotatable bonds is 41. The Hall–Kier alpha value is -2.45. The Labute approximate surface area is 344 Å². The Morgan fingerprint density at radius 2 is 1.00 bits per heavy atom. The Morgan fingerprint density at radius 3 is 1.46 bits per heavy atom. The van der Waals surface area contributed by atoms with Gasteiger partial charge in [0.2, 0.25) is 0 Å². The van der Waals surface area contributed by atoms with Gasteiger partial charge in [-0.15, -0.1) is 0 Å². The molecular weight excluding hydrogens is 703 g/mol. The van der Waals surface area contributed by atoms with Crippen LogP contribution in [0, 0.1) is 0 Å². The van der Waals surface area contributed by atoms with Crippen LogP contribution >= 0.6 is 0 Å². The van der Waals surface area contributed by atoms with Crippen molar-refractivity contribution in [2.45, 2.75) is 212 Å². The molecule has 0 amide bonds. The third-order valence-electron chi connectivity index (χ3n) is 10.4. The van der Waals surface area contributed by atoms with E-state index in [-0.39, 0.29) is 42.7 Å². The van der Waals surface area contributed by atoms with Crippen molar-refractivity contribution in [2.75, 3.05) is 41.0 Å². The van der Waals surface area contributed by atoms with Crippen LogP contribution < -0.4 is 5.11 Å². The molecular formula is C48H87NO7. The van der Waals surface area contributed by atoms with Gasteiger partial charge in [-0.05, 0) is 32.1 Å². The van der Waals surface area contributed by atoms with Gasteiger partial charge in [0.05, 0.1) is 40.3 Å². The summed E-state index contributed by atoms with van der Waals surface area (Å²) in [5.41, 5.74) is 0. The number of nitrogens with zero attached hydrogens (tertiary/aromatic N) is 1. The number of carboxylic acid groups (broad SMARTS) is 1. The van der Waals surface area contributed by atoms with Gasteiger partial charge in [-0.1, -0.05) is 185 Å². The maximum atomic E-state index is 12.7. The van der Waals surface area contributed by atoms with Crippen molar-refractivity contribution in [3.63, 3.8) is 0 Å². The Morgan fingerprint density at radius 1 is 0.554 bits per heavy atom. The fraction of sp³-hybridized carbons (Fsp3) is 0.812. The van der Waals surface area contributed by atoms with Gasteiger partial charge in [0.25, 0.3) is 0 Å². The summed E-state index contributed by atoms with van der Waals surface area (Å²) >= 11 is 0. The minimum atomic E-state index is -1.13. The zero-order valence-corrected chi connectivity index (χ0v) is 37.1. The number of aliphatic carboxylic acids is 1. The maximum Gasteiger partial charge on any atom is 0.306 e. The Balaban J connectivity index is 4.28. The van der Waals surface area contributed by atoms with Crippen LogP contribution in [-0.2, 0) is 28.6 Å². The SMILES string of the molecule is CC/C=C/C=C/C=C/CCCCCCCC(=O)OCC(COCCC(C(=O)[O-])[N+](C)(C)C)OC(=O)CCCCCCCCCCCCCCCCCCCCC. The lowest BCUT2D eigenvalue weighted by Crippen LogP contribution is -2.55. The Kier molecular flexibility index (Phi) is 37.7. The average Bonchev–Trinajstić information content (AvgIpc) is 3.15. The number of hydrogen-bond acceptors (Lipinski definition) is 7. The summed E-state index contributed by atoms with van der Waals surface area (Å²) in [4.78, 5) is 36.9. The second-order valence-corrected chi connectivity index (χ2v) is 16.7. The largest absolute Gasteiger partial charge is 0.544 e. The molecule has 0 aromatic carbocycles. The van der Waals surface area contributed by atoms with Gasteiger partial charge in [-0.3, -0.25) is 9.59 Å². The van der Waals surface area contributed by atoms with E-state index in [1.807, 2.05) is 6.08 Å². The number of likely N-dealkylation sites (N-methyl/N-ethyl adjacent to an activating group) is 1. The maximum absolute atomic E-state index is 12.7. The van der Waals surface area contributed by atoms with Gasteiger partial charge in [0, 0.05) is 19.3 Å². The van der Waals surface area contributed by atoms with E-state index >= 15 is 0 Å². The minimum absolute atomic E-state index is 0.0365. The van der Waals surface area contributed by atoms with Crippen LogP contribution in [0.2, 0.25) is 0 Å². The molecule has 0 bridgehead atoms. The molecule has 2 unspecified atom stereocenters. The molecule has 0 saturated carbocycles. The molecule has 8 heteroatoms.